The van der Waals surface area contributed by atoms with Crippen LogP contribution in [0.5, 0.6) is 0 Å². The second kappa shape index (κ2) is 18.0. The first kappa shape index (κ1) is 27.8. The molecule has 0 amide bonds. The molecular weight excluding hydrogens is 416 g/mol. The third-order valence-electron chi connectivity index (χ3n) is 6.57. The fourth-order valence-corrected chi connectivity index (χ4v) is 4.54. The Balaban J connectivity index is 1.40. The van der Waals surface area contributed by atoms with Gasteiger partial charge in [-0.2, -0.15) is 0 Å². The van der Waals surface area contributed by atoms with Gasteiger partial charge >= 0.3 is 5.97 Å². The predicted molar refractivity (Wildman–Crippen MR) is 133 cm³/mol. The Hall–Kier alpha value is -1.43. The highest BCUT2D eigenvalue weighted by Gasteiger charge is 2.36. The van der Waals surface area contributed by atoms with E-state index < -0.39 is 0 Å². The van der Waals surface area contributed by atoms with E-state index in [-0.39, 0.29) is 30.7 Å². The van der Waals surface area contributed by atoms with Gasteiger partial charge in [-0.25, -0.2) is 9.78 Å². The van der Waals surface area contributed by atoms with E-state index in [2.05, 4.69) is 30.9 Å². The zero-order chi connectivity index (χ0) is 23.6. The zero-order valence-electron chi connectivity index (χ0n) is 20.8. The molecule has 2 aliphatic rings. The van der Waals surface area contributed by atoms with Crippen molar-refractivity contribution in [3.63, 3.8) is 0 Å². The number of hydrogen-bond acceptors (Lipinski definition) is 5. The number of hydrogen-bond donors (Lipinski definition) is 0. The summed E-state index contributed by atoms with van der Waals surface area (Å²) in [5.74, 6) is -0.255. The Morgan fingerprint density at radius 1 is 0.818 bits per heavy atom. The van der Waals surface area contributed by atoms with Crippen molar-refractivity contribution < 1.29 is 24.0 Å². The Bertz CT molecular complexity index is 577. The Morgan fingerprint density at radius 2 is 1.48 bits per heavy atom. The van der Waals surface area contributed by atoms with E-state index in [4.69, 9.17) is 19.2 Å². The molecule has 0 aromatic rings. The molecule has 5 heteroatoms. The molecule has 0 N–H and O–H groups in total. The van der Waals surface area contributed by atoms with E-state index in [1.807, 2.05) is 6.08 Å². The normalized spacial score (nSPS) is 25.7. The molecule has 0 saturated carbocycles. The number of carbonyl (C=O) groups is 1. The molecule has 0 spiro atoms. The average molecular weight is 463 g/mol. The van der Waals surface area contributed by atoms with Crippen molar-refractivity contribution >= 4 is 5.97 Å². The number of unbranched alkanes of at least 4 members (excludes halogenated alkanes) is 8. The lowest BCUT2D eigenvalue weighted by Crippen LogP contribution is -2.37. The summed E-state index contributed by atoms with van der Waals surface area (Å²) in [4.78, 5) is 22.3. The Labute approximate surface area is 201 Å². The molecule has 0 aliphatic carbocycles. The average Bonchev–Trinajstić information content (AvgIpc) is 3.31. The molecule has 2 rings (SSSR count). The largest absolute Gasteiger partial charge is 0.469 e. The lowest BCUT2D eigenvalue weighted by Gasteiger charge is -2.30. The van der Waals surface area contributed by atoms with Crippen LogP contribution in [0, 0.1) is 0 Å². The minimum absolute atomic E-state index is 0.00861. The predicted octanol–water partition coefficient (Wildman–Crippen LogP) is 7.17. The van der Waals surface area contributed by atoms with Gasteiger partial charge in [-0.05, 0) is 64.2 Å². The van der Waals surface area contributed by atoms with Crippen LogP contribution in [0.2, 0.25) is 0 Å². The molecule has 5 nitrogen and oxygen atoms in total. The van der Waals surface area contributed by atoms with Crippen LogP contribution in [0.3, 0.4) is 0 Å². The smallest absolute Gasteiger partial charge is 0.308 e. The molecular formula is C28H46O5. The minimum Gasteiger partial charge on any atom is -0.469 e. The molecule has 0 radical (unpaired) electrons. The molecule has 2 fully saturated rings. The Kier molecular flexibility index (Phi) is 15.1. The van der Waals surface area contributed by atoms with Gasteiger partial charge in [0.15, 0.2) is 0 Å². The molecule has 2 saturated heterocycles. The van der Waals surface area contributed by atoms with Gasteiger partial charge in [-0.3, -0.25) is 4.79 Å². The monoisotopic (exact) mass is 462 g/mol. The van der Waals surface area contributed by atoms with Crippen LogP contribution in [0.15, 0.2) is 37.0 Å². The van der Waals surface area contributed by atoms with Gasteiger partial charge in [0.05, 0.1) is 25.7 Å². The first-order valence-corrected chi connectivity index (χ1v) is 13.2. The maximum absolute atomic E-state index is 11.4. The minimum atomic E-state index is -0.255. The summed E-state index contributed by atoms with van der Waals surface area (Å²) >= 11 is 0. The summed E-state index contributed by atoms with van der Waals surface area (Å²) < 4.78 is 10.9. The van der Waals surface area contributed by atoms with Crippen LogP contribution in [-0.4, -0.2) is 37.5 Å². The maximum Gasteiger partial charge on any atom is 0.308 e. The lowest BCUT2D eigenvalue weighted by molar-refractivity contribution is -0.385. The standard InChI is InChI=1S/C28H46O5/c1-3-4-5-6-7-8-9-10-11-12-13-14-15-16-17-18-24-19-21-26(31-24)27-22-20-25(32-33-27)23-28(29)30-2/h3,7-10,24-27H,1,4-6,11-23H2,2H3/b8-7+,10-9-/t24-,25-,26+,27-/m0/s1. The van der Waals surface area contributed by atoms with E-state index >= 15 is 0 Å². The first-order valence-electron chi connectivity index (χ1n) is 13.2. The molecule has 2 aliphatic heterocycles. The van der Waals surface area contributed by atoms with E-state index in [0.717, 1.165) is 44.9 Å². The number of allylic oxidation sites excluding steroid dienone is 5. The van der Waals surface area contributed by atoms with Crippen molar-refractivity contribution in [1.82, 2.24) is 0 Å². The third-order valence-corrected chi connectivity index (χ3v) is 6.57. The maximum atomic E-state index is 11.4. The SMILES string of the molecule is C=CCCC/C=C/C=C\CCCCCCCC[C@H]1CC[C@H]([C@@H]2CC[C@@H](CC(=O)OC)OO2)O1. The summed E-state index contributed by atoms with van der Waals surface area (Å²) in [6.07, 6.45) is 28.9. The summed E-state index contributed by atoms with van der Waals surface area (Å²) in [5.41, 5.74) is 0. The first-order chi connectivity index (χ1) is 16.2. The summed E-state index contributed by atoms with van der Waals surface area (Å²) in [5, 5.41) is 0. The third kappa shape index (κ3) is 12.6. The van der Waals surface area contributed by atoms with Crippen LogP contribution >= 0.6 is 0 Å². The molecule has 33 heavy (non-hydrogen) atoms. The van der Waals surface area contributed by atoms with Crippen LogP contribution in [0.25, 0.3) is 0 Å². The van der Waals surface area contributed by atoms with Gasteiger partial charge in [0.25, 0.3) is 0 Å². The number of esters is 1. The molecule has 0 aromatic carbocycles. The molecule has 4 atom stereocenters. The van der Waals surface area contributed by atoms with Crippen molar-refractivity contribution in [2.24, 2.45) is 0 Å². The highest BCUT2D eigenvalue weighted by atomic mass is 17.2. The number of rotatable bonds is 17. The van der Waals surface area contributed by atoms with Crippen molar-refractivity contribution in [2.75, 3.05) is 7.11 Å². The zero-order valence-corrected chi connectivity index (χ0v) is 20.8. The summed E-state index contributed by atoms with van der Waals surface area (Å²) in [6.45, 7) is 3.74. The van der Waals surface area contributed by atoms with Crippen LogP contribution < -0.4 is 0 Å². The van der Waals surface area contributed by atoms with Crippen molar-refractivity contribution in [3.8, 4) is 0 Å². The molecule has 188 valence electrons. The summed E-state index contributed by atoms with van der Waals surface area (Å²) in [6, 6.07) is 0. The molecule has 2 heterocycles. The van der Waals surface area contributed by atoms with Gasteiger partial charge < -0.3 is 9.47 Å². The lowest BCUT2D eigenvalue weighted by atomic mass is 10.0. The fourth-order valence-electron chi connectivity index (χ4n) is 4.54. The van der Waals surface area contributed by atoms with Crippen LogP contribution in [-0.2, 0) is 24.0 Å². The van der Waals surface area contributed by atoms with Gasteiger partial charge in [-0.15, -0.1) is 6.58 Å². The molecule has 0 bridgehead atoms. The van der Waals surface area contributed by atoms with Crippen LogP contribution in [0.4, 0.5) is 0 Å². The van der Waals surface area contributed by atoms with E-state index in [0.29, 0.717) is 6.10 Å². The molecule has 0 unspecified atom stereocenters. The van der Waals surface area contributed by atoms with Crippen molar-refractivity contribution in [2.45, 2.75) is 127 Å². The van der Waals surface area contributed by atoms with E-state index in [1.54, 1.807) is 0 Å². The van der Waals surface area contributed by atoms with E-state index in [9.17, 15) is 4.79 Å². The number of methoxy groups -OCH3 is 1. The molecule has 0 aromatic heterocycles. The topological polar surface area (TPSA) is 54.0 Å². The highest BCUT2D eigenvalue weighted by Crippen LogP contribution is 2.32. The summed E-state index contributed by atoms with van der Waals surface area (Å²) in [7, 11) is 1.40. The van der Waals surface area contributed by atoms with Gasteiger partial charge in [0, 0.05) is 0 Å². The highest BCUT2D eigenvalue weighted by molar-refractivity contribution is 5.69. The van der Waals surface area contributed by atoms with Crippen molar-refractivity contribution in [1.29, 1.82) is 0 Å². The quantitative estimate of drug-likeness (QED) is 0.0754. The fraction of sp³-hybridized carbons (Fsp3) is 0.750. The Morgan fingerprint density at radius 3 is 2.18 bits per heavy atom. The van der Waals surface area contributed by atoms with Gasteiger partial charge in [-0.1, -0.05) is 62.5 Å². The van der Waals surface area contributed by atoms with Gasteiger partial charge in [0.1, 0.15) is 12.2 Å². The van der Waals surface area contributed by atoms with Gasteiger partial charge in [0.2, 0.25) is 0 Å². The van der Waals surface area contributed by atoms with E-state index in [1.165, 1.54) is 58.5 Å². The number of ether oxygens (including phenoxy) is 2. The van der Waals surface area contributed by atoms with Crippen LogP contribution in [0.1, 0.15) is 103 Å². The second-order valence-electron chi connectivity index (χ2n) is 9.36. The van der Waals surface area contributed by atoms with Crippen molar-refractivity contribution in [3.05, 3.63) is 37.0 Å². The second-order valence-corrected chi connectivity index (χ2v) is 9.36. The number of carbonyl (C=O) groups excluding carboxylic acids is 1.